The number of hydrogen-bond donors (Lipinski definition) is 1. The highest BCUT2D eigenvalue weighted by Gasteiger charge is 2.33. The van der Waals surface area contributed by atoms with Gasteiger partial charge in [-0.1, -0.05) is 39.0 Å². The molecule has 0 radical (unpaired) electrons. The zero-order valence-electron chi connectivity index (χ0n) is 15.3. The molecule has 0 aromatic heterocycles. The fourth-order valence-corrected chi connectivity index (χ4v) is 4.56. The van der Waals surface area contributed by atoms with Gasteiger partial charge in [0.1, 0.15) is 11.9 Å². The van der Waals surface area contributed by atoms with Crippen LogP contribution in [0.25, 0.3) is 0 Å². The molecule has 2 saturated heterocycles. The number of likely N-dealkylation sites (tertiary alicyclic amines) is 1. The van der Waals surface area contributed by atoms with Crippen LogP contribution in [0.15, 0.2) is 24.3 Å². The number of piperidine rings is 1. The van der Waals surface area contributed by atoms with E-state index >= 15 is 0 Å². The number of amides is 1. The minimum Gasteiger partial charge on any atom is -0.490 e. The van der Waals surface area contributed by atoms with E-state index < -0.39 is 11.0 Å². The predicted octanol–water partition coefficient (Wildman–Crippen LogP) is 2.38. The van der Waals surface area contributed by atoms with E-state index in [0.717, 1.165) is 18.6 Å². The lowest BCUT2D eigenvalue weighted by Crippen LogP contribution is -2.48. The molecule has 2 unspecified atom stereocenters. The molecule has 0 aliphatic carbocycles. The van der Waals surface area contributed by atoms with Gasteiger partial charge in [0.25, 0.3) is 0 Å². The molecule has 1 amide bonds. The molecule has 1 aromatic carbocycles. The van der Waals surface area contributed by atoms with Gasteiger partial charge in [-0.2, -0.15) is 0 Å². The summed E-state index contributed by atoms with van der Waals surface area (Å²) in [6, 6.07) is 7.94. The zero-order chi connectivity index (χ0) is 18.0. The SMILES string of the molecule is CC(C)(C)c1ccccc1OC1CCN(C(=O)C2CCS(=O)N2)CC1. The van der Waals surface area contributed by atoms with Gasteiger partial charge in [-0.25, -0.2) is 8.93 Å². The molecule has 6 heteroatoms. The minimum absolute atomic E-state index is 0.0387. The molecule has 138 valence electrons. The first-order chi connectivity index (χ1) is 11.8. The number of nitrogens with one attached hydrogen (secondary N) is 1. The second-order valence-corrected chi connectivity index (χ2v) is 9.23. The van der Waals surface area contributed by atoms with E-state index in [2.05, 4.69) is 31.6 Å². The standard InChI is InChI=1S/C19H28N2O3S/c1-19(2,3)15-6-4-5-7-17(15)24-14-8-11-21(12-9-14)18(22)16-10-13-25(23)20-16/h4-7,14,16,20H,8-13H2,1-3H3. The average Bonchev–Trinajstić information content (AvgIpc) is 3.01. The molecule has 2 heterocycles. The van der Waals surface area contributed by atoms with Gasteiger partial charge in [-0.05, 0) is 23.5 Å². The van der Waals surface area contributed by atoms with Gasteiger partial charge < -0.3 is 9.64 Å². The van der Waals surface area contributed by atoms with Gasteiger partial charge >= 0.3 is 0 Å². The van der Waals surface area contributed by atoms with Crippen molar-refractivity contribution in [2.24, 2.45) is 0 Å². The Labute approximate surface area is 152 Å². The normalized spacial score (nSPS) is 25.2. The van der Waals surface area contributed by atoms with Crippen LogP contribution < -0.4 is 9.46 Å². The van der Waals surface area contributed by atoms with Crippen molar-refractivity contribution < 1.29 is 13.7 Å². The second kappa shape index (κ2) is 7.46. The van der Waals surface area contributed by atoms with E-state index in [1.54, 1.807) is 0 Å². The summed E-state index contributed by atoms with van der Waals surface area (Å²) in [5, 5.41) is 0. The summed E-state index contributed by atoms with van der Waals surface area (Å²) in [5.41, 5.74) is 1.25. The van der Waals surface area contributed by atoms with E-state index in [1.165, 1.54) is 5.56 Å². The highest BCUT2D eigenvalue weighted by Crippen LogP contribution is 2.32. The van der Waals surface area contributed by atoms with Crippen LogP contribution >= 0.6 is 0 Å². The van der Waals surface area contributed by atoms with Crippen molar-refractivity contribution in [1.29, 1.82) is 0 Å². The lowest BCUT2D eigenvalue weighted by molar-refractivity contribution is -0.134. The Balaban J connectivity index is 1.57. The molecule has 2 aliphatic rings. The molecule has 1 aromatic rings. The van der Waals surface area contributed by atoms with E-state index in [0.29, 0.717) is 25.3 Å². The van der Waals surface area contributed by atoms with Crippen LogP contribution in [0, 0.1) is 0 Å². The molecule has 0 bridgehead atoms. The Morgan fingerprint density at radius 2 is 1.88 bits per heavy atom. The molecule has 3 rings (SSSR count). The number of benzene rings is 1. The molecular formula is C19H28N2O3S. The summed E-state index contributed by atoms with van der Waals surface area (Å²) >= 11 is 0. The molecule has 2 atom stereocenters. The summed E-state index contributed by atoms with van der Waals surface area (Å²) in [6.07, 6.45) is 2.47. The van der Waals surface area contributed by atoms with Crippen LogP contribution in [0.5, 0.6) is 5.75 Å². The number of hydrogen-bond acceptors (Lipinski definition) is 3. The number of carbonyl (C=O) groups excluding carboxylic acids is 1. The smallest absolute Gasteiger partial charge is 0.240 e. The van der Waals surface area contributed by atoms with Crippen molar-refractivity contribution in [3.8, 4) is 5.75 Å². The van der Waals surface area contributed by atoms with Crippen LogP contribution in [0.1, 0.15) is 45.6 Å². The minimum atomic E-state index is -1.04. The Morgan fingerprint density at radius 1 is 1.20 bits per heavy atom. The summed E-state index contributed by atoms with van der Waals surface area (Å²) < 4.78 is 20.6. The van der Waals surface area contributed by atoms with Crippen LogP contribution in [0.3, 0.4) is 0 Å². The third-order valence-electron chi connectivity index (χ3n) is 4.91. The number of ether oxygens (including phenoxy) is 1. The predicted molar refractivity (Wildman–Crippen MR) is 99.9 cm³/mol. The van der Waals surface area contributed by atoms with Crippen molar-refractivity contribution in [3.05, 3.63) is 29.8 Å². The first-order valence-electron chi connectivity index (χ1n) is 9.04. The Morgan fingerprint density at radius 3 is 2.48 bits per heavy atom. The highest BCUT2D eigenvalue weighted by molar-refractivity contribution is 7.83. The maximum absolute atomic E-state index is 12.5. The maximum Gasteiger partial charge on any atom is 0.240 e. The second-order valence-electron chi connectivity index (χ2n) is 7.90. The van der Waals surface area contributed by atoms with Crippen molar-refractivity contribution in [2.45, 2.75) is 57.6 Å². The first-order valence-corrected chi connectivity index (χ1v) is 10.4. The molecule has 2 fully saturated rings. The number of para-hydroxylation sites is 1. The first kappa shape index (κ1) is 18.4. The summed E-state index contributed by atoms with van der Waals surface area (Å²) in [4.78, 5) is 14.4. The van der Waals surface area contributed by atoms with E-state index in [9.17, 15) is 9.00 Å². The van der Waals surface area contributed by atoms with Crippen LogP contribution in [-0.4, -0.2) is 46.0 Å². The highest BCUT2D eigenvalue weighted by atomic mass is 32.2. The zero-order valence-corrected chi connectivity index (χ0v) is 16.1. The molecule has 5 nitrogen and oxygen atoms in total. The third-order valence-corrected chi connectivity index (χ3v) is 6.06. The number of carbonyl (C=O) groups is 1. The summed E-state index contributed by atoms with van der Waals surface area (Å²) in [6.45, 7) is 7.97. The van der Waals surface area contributed by atoms with Gasteiger partial charge in [0, 0.05) is 31.7 Å². The third kappa shape index (κ3) is 4.42. The van der Waals surface area contributed by atoms with Crippen LogP contribution in [-0.2, 0) is 21.2 Å². The molecule has 0 saturated carbocycles. The molecule has 2 aliphatic heterocycles. The molecule has 0 spiro atoms. The van der Waals surface area contributed by atoms with Crippen molar-refractivity contribution >= 4 is 16.9 Å². The fourth-order valence-electron chi connectivity index (χ4n) is 3.46. The fraction of sp³-hybridized carbons (Fsp3) is 0.632. The molecular weight excluding hydrogens is 336 g/mol. The largest absolute Gasteiger partial charge is 0.490 e. The average molecular weight is 365 g/mol. The maximum atomic E-state index is 12.5. The van der Waals surface area contributed by atoms with Crippen molar-refractivity contribution in [2.75, 3.05) is 18.8 Å². The van der Waals surface area contributed by atoms with E-state index in [4.69, 9.17) is 4.74 Å². The number of rotatable bonds is 3. The van der Waals surface area contributed by atoms with E-state index in [-0.39, 0.29) is 23.5 Å². The Bertz CT molecular complexity index is 648. The van der Waals surface area contributed by atoms with Crippen molar-refractivity contribution in [3.63, 3.8) is 0 Å². The van der Waals surface area contributed by atoms with Crippen LogP contribution in [0.4, 0.5) is 0 Å². The molecule has 1 N–H and O–H groups in total. The summed E-state index contributed by atoms with van der Waals surface area (Å²) in [7, 11) is -1.04. The van der Waals surface area contributed by atoms with Gasteiger partial charge in [0.05, 0.1) is 17.0 Å². The van der Waals surface area contributed by atoms with Gasteiger partial charge in [0.15, 0.2) is 0 Å². The Hall–Kier alpha value is -1.40. The van der Waals surface area contributed by atoms with Crippen molar-refractivity contribution in [1.82, 2.24) is 9.62 Å². The molecule has 25 heavy (non-hydrogen) atoms. The monoisotopic (exact) mass is 364 g/mol. The lowest BCUT2D eigenvalue weighted by atomic mass is 9.86. The van der Waals surface area contributed by atoms with E-state index in [1.807, 2.05) is 23.1 Å². The quantitative estimate of drug-likeness (QED) is 0.896. The van der Waals surface area contributed by atoms with Crippen LogP contribution in [0.2, 0.25) is 0 Å². The van der Waals surface area contributed by atoms with Gasteiger partial charge in [-0.3, -0.25) is 4.79 Å². The Kier molecular flexibility index (Phi) is 5.49. The summed E-state index contributed by atoms with van der Waals surface area (Å²) in [5.74, 6) is 1.60. The lowest BCUT2D eigenvalue weighted by Gasteiger charge is -2.34. The van der Waals surface area contributed by atoms with Gasteiger partial charge in [-0.15, -0.1) is 0 Å². The van der Waals surface area contributed by atoms with Gasteiger partial charge in [0.2, 0.25) is 5.91 Å². The topological polar surface area (TPSA) is 58.6 Å². The number of nitrogens with zero attached hydrogens (tertiary/aromatic N) is 1.